The Balaban J connectivity index is 2.16. The highest BCUT2D eigenvalue weighted by Gasteiger charge is 1.97. The smallest absolute Gasteiger partial charge is 0.119 e. The summed E-state index contributed by atoms with van der Waals surface area (Å²) in [7, 11) is 0. The van der Waals surface area contributed by atoms with Gasteiger partial charge in [0, 0.05) is 26.2 Å². The van der Waals surface area contributed by atoms with Crippen LogP contribution in [0.3, 0.4) is 0 Å². The minimum absolute atomic E-state index is 0.284. The molecule has 0 aliphatic carbocycles. The van der Waals surface area contributed by atoms with Gasteiger partial charge in [-0.05, 0) is 31.5 Å². The van der Waals surface area contributed by atoms with E-state index in [2.05, 4.69) is 22.8 Å². The van der Waals surface area contributed by atoms with Gasteiger partial charge < -0.3 is 20.5 Å². The van der Waals surface area contributed by atoms with Crippen LogP contribution in [0.25, 0.3) is 0 Å². The van der Waals surface area contributed by atoms with Crippen LogP contribution in [0.1, 0.15) is 19.4 Å². The molecule has 0 aliphatic heterocycles. The summed E-state index contributed by atoms with van der Waals surface area (Å²) >= 11 is 0. The molecular formula is C14H24N2O2. The van der Waals surface area contributed by atoms with Crippen LogP contribution in [-0.4, -0.2) is 37.5 Å². The summed E-state index contributed by atoms with van der Waals surface area (Å²) in [6.07, 6.45) is -0.284. The van der Waals surface area contributed by atoms with Crippen LogP contribution < -0.4 is 15.4 Å². The van der Waals surface area contributed by atoms with Crippen molar-refractivity contribution in [3.63, 3.8) is 0 Å². The summed E-state index contributed by atoms with van der Waals surface area (Å²) in [6.45, 7) is 7.67. The summed E-state index contributed by atoms with van der Waals surface area (Å²) in [4.78, 5) is 0. The molecule has 1 rings (SSSR count). The molecule has 1 aromatic rings. The molecule has 0 heterocycles. The lowest BCUT2D eigenvalue weighted by Gasteiger charge is -2.09. The van der Waals surface area contributed by atoms with Gasteiger partial charge in [-0.3, -0.25) is 0 Å². The second-order valence-electron chi connectivity index (χ2n) is 4.31. The minimum atomic E-state index is -0.284. The number of aliphatic hydroxyl groups excluding tert-OH is 1. The maximum atomic E-state index is 9.07. The number of rotatable bonds is 9. The van der Waals surface area contributed by atoms with Crippen molar-refractivity contribution in [2.24, 2.45) is 0 Å². The fraction of sp³-hybridized carbons (Fsp3) is 0.571. The molecule has 1 aromatic carbocycles. The van der Waals surface area contributed by atoms with Gasteiger partial charge in [0.05, 0.1) is 12.7 Å². The number of benzene rings is 1. The summed E-state index contributed by atoms with van der Waals surface area (Å²) in [5.41, 5.74) is 1.22. The highest BCUT2D eigenvalue weighted by atomic mass is 16.5. The quantitative estimate of drug-likeness (QED) is 0.577. The normalized spacial score (nSPS) is 12.4. The first kappa shape index (κ1) is 15.0. The molecule has 4 heteroatoms. The van der Waals surface area contributed by atoms with Crippen molar-refractivity contribution in [1.29, 1.82) is 0 Å². The van der Waals surface area contributed by atoms with Gasteiger partial charge in [0.15, 0.2) is 0 Å². The molecular weight excluding hydrogens is 228 g/mol. The molecule has 0 amide bonds. The zero-order valence-corrected chi connectivity index (χ0v) is 11.3. The number of ether oxygens (including phenoxy) is 1. The van der Waals surface area contributed by atoms with Gasteiger partial charge in [-0.2, -0.15) is 0 Å². The lowest BCUT2D eigenvalue weighted by Crippen LogP contribution is -2.31. The van der Waals surface area contributed by atoms with E-state index in [0.717, 1.165) is 25.4 Å². The summed E-state index contributed by atoms with van der Waals surface area (Å²) < 4.78 is 5.45. The molecule has 0 fully saturated rings. The van der Waals surface area contributed by atoms with Crippen molar-refractivity contribution in [3.8, 4) is 5.75 Å². The molecule has 0 spiro atoms. The van der Waals surface area contributed by atoms with Gasteiger partial charge in [-0.25, -0.2) is 0 Å². The van der Waals surface area contributed by atoms with Crippen molar-refractivity contribution in [1.82, 2.24) is 10.6 Å². The third kappa shape index (κ3) is 6.59. The molecule has 0 aromatic heterocycles. The highest BCUT2D eigenvalue weighted by molar-refractivity contribution is 5.28. The lowest BCUT2D eigenvalue weighted by molar-refractivity contribution is 0.191. The van der Waals surface area contributed by atoms with Crippen LogP contribution in [0.2, 0.25) is 0 Å². The average molecular weight is 252 g/mol. The van der Waals surface area contributed by atoms with E-state index in [1.165, 1.54) is 5.56 Å². The molecule has 0 saturated carbocycles. The molecule has 3 N–H and O–H groups in total. The van der Waals surface area contributed by atoms with Gasteiger partial charge in [-0.1, -0.05) is 12.1 Å². The zero-order valence-electron chi connectivity index (χ0n) is 11.3. The Bertz CT molecular complexity index is 329. The SMILES string of the molecule is CCOc1cccc(CNCCNCC(C)O)c1. The summed E-state index contributed by atoms with van der Waals surface area (Å²) in [6, 6.07) is 8.11. The fourth-order valence-electron chi connectivity index (χ4n) is 1.63. The number of hydrogen-bond acceptors (Lipinski definition) is 4. The monoisotopic (exact) mass is 252 g/mol. The molecule has 0 bridgehead atoms. The van der Waals surface area contributed by atoms with Gasteiger partial charge in [0.25, 0.3) is 0 Å². The van der Waals surface area contributed by atoms with E-state index >= 15 is 0 Å². The molecule has 0 saturated heterocycles. The van der Waals surface area contributed by atoms with Gasteiger partial charge in [0.2, 0.25) is 0 Å². The van der Waals surface area contributed by atoms with Crippen LogP contribution >= 0.6 is 0 Å². The molecule has 102 valence electrons. The predicted molar refractivity (Wildman–Crippen MR) is 73.9 cm³/mol. The lowest BCUT2D eigenvalue weighted by atomic mass is 10.2. The van der Waals surface area contributed by atoms with Crippen LogP contribution in [-0.2, 0) is 6.54 Å². The van der Waals surface area contributed by atoms with Crippen LogP contribution in [0.5, 0.6) is 5.75 Å². The van der Waals surface area contributed by atoms with Crippen LogP contribution in [0, 0.1) is 0 Å². The maximum Gasteiger partial charge on any atom is 0.119 e. The second kappa shape index (κ2) is 8.91. The molecule has 1 unspecified atom stereocenters. The molecule has 1 atom stereocenters. The number of hydrogen-bond donors (Lipinski definition) is 3. The van der Waals surface area contributed by atoms with Crippen molar-refractivity contribution in [3.05, 3.63) is 29.8 Å². The zero-order chi connectivity index (χ0) is 13.2. The Labute approximate surface area is 109 Å². The highest BCUT2D eigenvalue weighted by Crippen LogP contribution is 2.12. The first-order valence-corrected chi connectivity index (χ1v) is 6.53. The third-order valence-corrected chi connectivity index (χ3v) is 2.46. The molecule has 18 heavy (non-hydrogen) atoms. The Kier molecular flexibility index (Phi) is 7.41. The minimum Gasteiger partial charge on any atom is -0.494 e. The predicted octanol–water partition coefficient (Wildman–Crippen LogP) is 1.15. The summed E-state index contributed by atoms with van der Waals surface area (Å²) in [5.74, 6) is 0.920. The maximum absolute atomic E-state index is 9.07. The van der Waals surface area contributed by atoms with E-state index in [-0.39, 0.29) is 6.10 Å². The summed E-state index contributed by atoms with van der Waals surface area (Å²) in [5, 5.41) is 15.6. The average Bonchev–Trinajstić information content (AvgIpc) is 2.34. The van der Waals surface area contributed by atoms with Crippen molar-refractivity contribution < 1.29 is 9.84 Å². The topological polar surface area (TPSA) is 53.5 Å². The fourth-order valence-corrected chi connectivity index (χ4v) is 1.63. The molecule has 0 radical (unpaired) electrons. The Hall–Kier alpha value is -1.10. The first-order valence-electron chi connectivity index (χ1n) is 6.53. The Morgan fingerprint density at radius 3 is 2.78 bits per heavy atom. The molecule has 4 nitrogen and oxygen atoms in total. The first-order chi connectivity index (χ1) is 8.72. The number of aliphatic hydroxyl groups is 1. The van der Waals surface area contributed by atoms with E-state index in [1.807, 2.05) is 19.1 Å². The molecule has 0 aliphatic rings. The van der Waals surface area contributed by atoms with Crippen molar-refractivity contribution >= 4 is 0 Å². The van der Waals surface area contributed by atoms with E-state index in [4.69, 9.17) is 9.84 Å². The van der Waals surface area contributed by atoms with E-state index in [9.17, 15) is 0 Å². The largest absolute Gasteiger partial charge is 0.494 e. The van der Waals surface area contributed by atoms with Crippen LogP contribution in [0.4, 0.5) is 0 Å². The van der Waals surface area contributed by atoms with E-state index in [1.54, 1.807) is 6.92 Å². The number of nitrogens with one attached hydrogen (secondary N) is 2. The third-order valence-electron chi connectivity index (χ3n) is 2.46. The van der Waals surface area contributed by atoms with Gasteiger partial charge in [-0.15, -0.1) is 0 Å². The van der Waals surface area contributed by atoms with Crippen molar-refractivity contribution in [2.75, 3.05) is 26.2 Å². The van der Waals surface area contributed by atoms with Gasteiger partial charge >= 0.3 is 0 Å². The Morgan fingerprint density at radius 1 is 1.28 bits per heavy atom. The van der Waals surface area contributed by atoms with Crippen LogP contribution in [0.15, 0.2) is 24.3 Å². The Morgan fingerprint density at radius 2 is 2.06 bits per heavy atom. The van der Waals surface area contributed by atoms with Gasteiger partial charge in [0.1, 0.15) is 5.75 Å². The second-order valence-corrected chi connectivity index (χ2v) is 4.31. The van der Waals surface area contributed by atoms with E-state index in [0.29, 0.717) is 13.2 Å². The van der Waals surface area contributed by atoms with E-state index < -0.39 is 0 Å². The standard InChI is InChI=1S/C14H24N2O2/c1-3-18-14-6-4-5-13(9-14)11-16-8-7-15-10-12(2)17/h4-6,9,12,15-17H,3,7-8,10-11H2,1-2H3. The van der Waals surface area contributed by atoms with Crippen molar-refractivity contribution in [2.45, 2.75) is 26.5 Å².